The third-order valence-electron chi connectivity index (χ3n) is 2.82. The molecule has 79 valence electrons. The van der Waals surface area contributed by atoms with E-state index in [-0.39, 0.29) is 0 Å². The average molecular weight is 183 g/mol. The lowest BCUT2D eigenvalue weighted by Gasteiger charge is -2.06. The van der Waals surface area contributed by atoms with Crippen LogP contribution in [0.5, 0.6) is 0 Å². The van der Waals surface area contributed by atoms with E-state index in [0.717, 1.165) is 5.92 Å². The smallest absolute Gasteiger partial charge is 0.0386 e. The summed E-state index contributed by atoms with van der Waals surface area (Å²) in [7, 11) is 0. The van der Waals surface area contributed by atoms with E-state index < -0.39 is 0 Å². The molecular formula is C13H27. The molecule has 1 unspecified atom stereocenters. The zero-order valence-electron chi connectivity index (χ0n) is 9.81. The molecule has 0 aromatic rings. The van der Waals surface area contributed by atoms with Gasteiger partial charge >= 0.3 is 0 Å². The molecule has 1 radical (unpaired) electrons. The normalized spacial score (nSPS) is 13.2. The van der Waals surface area contributed by atoms with E-state index in [1.807, 2.05) is 0 Å². The van der Waals surface area contributed by atoms with Gasteiger partial charge < -0.3 is 0 Å². The Bertz CT molecular complexity index is 86.0. The molecular weight excluding hydrogens is 156 g/mol. The van der Waals surface area contributed by atoms with E-state index in [2.05, 4.69) is 27.2 Å². The number of hydrogen-bond acceptors (Lipinski definition) is 0. The molecule has 13 heavy (non-hydrogen) atoms. The van der Waals surface area contributed by atoms with Crippen LogP contribution >= 0.6 is 0 Å². The first-order valence-electron chi connectivity index (χ1n) is 6.12. The minimum absolute atomic E-state index is 0.923. The predicted molar refractivity (Wildman–Crippen MR) is 61.7 cm³/mol. The van der Waals surface area contributed by atoms with Crippen molar-refractivity contribution in [1.29, 1.82) is 0 Å². The van der Waals surface area contributed by atoms with Gasteiger partial charge in [0.25, 0.3) is 0 Å². The highest BCUT2D eigenvalue weighted by molar-refractivity contribution is 4.66. The summed E-state index contributed by atoms with van der Waals surface area (Å²) in [4.78, 5) is 0. The van der Waals surface area contributed by atoms with E-state index in [4.69, 9.17) is 0 Å². The van der Waals surface area contributed by atoms with Crippen LogP contribution in [0.3, 0.4) is 0 Å². The topological polar surface area (TPSA) is 0 Å². The van der Waals surface area contributed by atoms with E-state index in [1.165, 1.54) is 51.4 Å². The predicted octanol–water partition coefficient (Wildman–Crippen LogP) is 4.99. The maximum Gasteiger partial charge on any atom is -0.0386 e. The monoisotopic (exact) mass is 183 g/mol. The van der Waals surface area contributed by atoms with Crippen molar-refractivity contribution in [1.82, 2.24) is 0 Å². The molecule has 1 atom stereocenters. The molecule has 0 aliphatic rings. The van der Waals surface area contributed by atoms with E-state index in [9.17, 15) is 0 Å². The number of hydrogen-bond donors (Lipinski definition) is 0. The van der Waals surface area contributed by atoms with Crippen molar-refractivity contribution < 1.29 is 0 Å². The molecule has 0 aromatic carbocycles. The van der Waals surface area contributed by atoms with Gasteiger partial charge in [0, 0.05) is 0 Å². The van der Waals surface area contributed by atoms with Crippen molar-refractivity contribution >= 4 is 0 Å². The Morgan fingerprint density at radius 1 is 1.00 bits per heavy atom. The van der Waals surface area contributed by atoms with Crippen LogP contribution in [0, 0.1) is 12.3 Å². The van der Waals surface area contributed by atoms with Gasteiger partial charge in [-0.2, -0.15) is 0 Å². The van der Waals surface area contributed by atoms with Gasteiger partial charge in [0.2, 0.25) is 0 Å². The molecule has 0 rings (SSSR count). The van der Waals surface area contributed by atoms with Crippen LogP contribution in [0.15, 0.2) is 0 Å². The van der Waals surface area contributed by atoms with Gasteiger partial charge in [0.15, 0.2) is 0 Å². The summed E-state index contributed by atoms with van der Waals surface area (Å²) in [6.07, 6.45) is 13.5. The van der Waals surface area contributed by atoms with Crippen molar-refractivity contribution in [3.05, 3.63) is 6.42 Å². The van der Waals surface area contributed by atoms with Crippen LogP contribution in [0.2, 0.25) is 0 Å². The molecule has 0 amide bonds. The minimum Gasteiger partial charge on any atom is -0.0654 e. The zero-order chi connectivity index (χ0) is 9.94. The molecule has 0 aliphatic carbocycles. The van der Waals surface area contributed by atoms with E-state index in [1.54, 1.807) is 0 Å². The first-order chi connectivity index (χ1) is 6.31. The van der Waals surface area contributed by atoms with Crippen molar-refractivity contribution in [2.45, 2.75) is 72.1 Å². The third kappa shape index (κ3) is 9.92. The maximum absolute atomic E-state index is 2.49. The van der Waals surface area contributed by atoms with E-state index in [0.29, 0.717) is 0 Å². The third-order valence-corrected chi connectivity index (χ3v) is 2.82. The highest BCUT2D eigenvalue weighted by Gasteiger charge is 1.97. The lowest BCUT2D eigenvalue weighted by atomic mass is 10.00. The maximum atomic E-state index is 2.49. The molecule has 0 spiro atoms. The second kappa shape index (κ2) is 10.1. The molecule has 0 heteroatoms. The van der Waals surface area contributed by atoms with Crippen LogP contribution < -0.4 is 0 Å². The summed E-state index contributed by atoms with van der Waals surface area (Å²) in [5.41, 5.74) is 0. The van der Waals surface area contributed by atoms with Gasteiger partial charge in [-0.3, -0.25) is 0 Å². The van der Waals surface area contributed by atoms with Gasteiger partial charge in [-0.15, -0.1) is 0 Å². The van der Waals surface area contributed by atoms with Crippen LogP contribution in [-0.4, -0.2) is 0 Å². The molecule has 0 nitrogen and oxygen atoms in total. The quantitative estimate of drug-likeness (QED) is 0.442. The molecule has 0 aromatic heterocycles. The Balaban J connectivity index is 2.91. The number of rotatable bonds is 9. The van der Waals surface area contributed by atoms with Crippen molar-refractivity contribution in [3.63, 3.8) is 0 Å². The highest BCUT2D eigenvalue weighted by Crippen LogP contribution is 2.13. The Kier molecular flexibility index (Phi) is 10.1. The van der Waals surface area contributed by atoms with Crippen molar-refractivity contribution in [2.75, 3.05) is 0 Å². The van der Waals surface area contributed by atoms with E-state index >= 15 is 0 Å². The van der Waals surface area contributed by atoms with Crippen LogP contribution in [-0.2, 0) is 0 Å². The fraction of sp³-hybridized carbons (Fsp3) is 0.923. The molecule has 0 saturated heterocycles. The van der Waals surface area contributed by atoms with Gasteiger partial charge in [0.1, 0.15) is 0 Å². The summed E-state index contributed by atoms with van der Waals surface area (Å²) in [6.45, 7) is 6.91. The first kappa shape index (κ1) is 13.0. The zero-order valence-corrected chi connectivity index (χ0v) is 9.81. The molecule has 0 heterocycles. The molecule has 0 saturated carbocycles. The van der Waals surface area contributed by atoms with Crippen LogP contribution in [0.4, 0.5) is 0 Å². The SMILES string of the molecule is CCCCCC[CH]CCC(C)CC. The van der Waals surface area contributed by atoms with Crippen LogP contribution in [0.25, 0.3) is 0 Å². The first-order valence-corrected chi connectivity index (χ1v) is 6.12. The van der Waals surface area contributed by atoms with Crippen molar-refractivity contribution in [2.24, 2.45) is 5.92 Å². The Morgan fingerprint density at radius 3 is 2.38 bits per heavy atom. The summed E-state index contributed by atoms with van der Waals surface area (Å²) >= 11 is 0. The molecule has 0 aliphatic heterocycles. The minimum atomic E-state index is 0.923. The lowest BCUT2D eigenvalue weighted by Crippen LogP contribution is -1.91. The van der Waals surface area contributed by atoms with Gasteiger partial charge in [-0.25, -0.2) is 0 Å². The fourth-order valence-corrected chi connectivity index (χ4v) is 1.47. The average Bonchev–Trinajstić information content (AvgIpc) is 2.16. The standard InChI is InChI=1S/C13H27/c1-4-6-7-8-9-10-11-12-13(3)5-2/h10,13H,4-9,11-12H2,1-3H3. The molecule has 0 N–H and O–H groups in total. The summed E-state index contributed by atoms with van der Waals surface area (Å²) in [5.74, 6) is 0.923. The Morgan fingerprint density at radius 2 is 1.77 bits per heavy atom. The summed E-state index contributed by atoms with van der Waals surface area (Å²) in [5, 5.41) is 0. The molecule has 0 bridgehead atoms. The highest BCUT2D eigenvalue weighted by atomic mass is 14.0. The largest absolute Gasteiger partial charge is 0.0654 e. The summed E-state index contributed by atoms with van der Waals surface area (Å²) < 4.78 is 0. The lowest BCUT2D eigenvalue weighted by molar-refractivity contribution is 0.506. The fourth-order valence-electron chi connectivity index (χ4n) is 1.47. The Hall–Kier alpha value is 0. The second-order valence-corrected chi connectivity index (χ2v) is 4.23. The summed E-state index contributed by atoms with van der Waals surface area (Å²) in [6, 6.07) is 0. The van der Waals surface area contributed by atoms with Gasteiger partial charge in [-0.05, 0) is 18.8 Å². The second-order valence-electron chi connectivity index (χ2n) is 4.23. The van der Waals surface area contributed by atoms with Crippen LogP contribution in [0.1, 0.15) is 72.1 Å². The number of unbranched alkanes of at least 4 members (excludes halogenated alkanes) is 6. The molecule has 0 fully saturated rings. The van der Waals surface area contributed by atoms with Gasteiger partial charge in [-0.1, -0.05) is 65.7 Å². The van der Waals surface area contributed by atoms with Gasteiger partial charge in [0.05, 0.1) is 0 Å². The van der Waals surface area contributed by atoms with Crippen molar-refractivity contribution in [3.8, 4) is 0 Å². The Labute approximate surface area is 85.1 Å².